The number of benzene rings is 1. The maximum absolute atomic E-state index is 15.8. The molecule has 3 aromatic rings. The van der Waals surface area contributed by atoms with Gasteiger partial charge in [-0.25, -0.2) is 14.2 Å². The number of fused-ring (bicyclic) bond motifs is 1. The van der Waals surface area contributed by atoms with E-state index in [0.717, 1.165) is 38.5 Å². The molecule has 2 atom stereocenters. The maximum atomic E-state index is 15.8. The summed E-state index contributed by atoms with van der Waals surface area (Å²) in [6, 6.07) is 4.21. The van der Waals surface area contributed by atoms with E-state index in [-0.39, 0.29) is 17.3 Å². The SMILES string of the molecule is CCn1nccc1C(=O)N[C@H](c1nc2c(F)c(C3CCCCN3C(=O)O)ccc2[nH]1)C1CCC(C)CC1. The molecule has 1 unspecified atom stereocenters. The van der Waals surface area contributed by atoms with Gasteiger partial charge in [-0.15, -0.1) is 0 Å². The van der Waals surface area contributed by atoms with Gasteiger partial charge in [0.25, 0.3) is 5.91 Å². The zero-order chi connectivity index (χ0) is 26.1. The molecule has 0 bridgehead atoms. The van der Waals surface area contributed by atoms with E-state index in [1.54, 1.807) is 29.1 Å². The van der Waals surface area contributed by atoms with Gasteiger partial charge in [0.15, 0.2) is 5.82 Å². The minimum atomic E-state index is -1.03. The molecule has 2 fully saturated rings. The first-order valence-electron chi connectivity index (χ1n) is 13.4. The number of amides is 2. The molecule has 0 radical (unpaired) electrons. The lowest BCUT2D eigenvalue weighted by Gasteiger charge is -2.34. The fourth-order valence-corrected chi connectivity index (χ4v) is 5.99. The average molecular weight is 511 g/mol. The molecule has 2 aromatic heterocycles. The van der Waals surface area contributed by atoms with Gasteiger partial charge < -0.3 is 20.3 Å². The Kier molecular flexibility index (Phi) is 7.17. The zero-order valence-corrected chi connectivity index (χ0v) is 21.4. The molecule has 1 aromatic carbocycles. The Morgan fingerprint density at radius 3 is 2.70 bits per heavy atom. The molecule has 198 valence electrons. The van der Waals surface area contributed by atoms with E-state index in [1.165, 1.54) is 4.90 Å². The fourth-order valence-electron chi connectivity index (χ4n) is 5.99. The van der Waals surface area contributed by atoms with E-state index in [9.17, 15) is 14.7 Å². The second-order valence-electron chi connectivity index (χ2n) is 10.5. The highest BCUT2D eigenvalue weighted by atomic mass is 19.1. The number of nitrogens with one attached hydrogen (secondary N) is 2. The first-order valence-corrected chi connectivity index (χ1v) is 13.4. The molecule has 0 spiro atoms. The Bertz CT molecular complexity index is 1280. The van der Waals surface area contributed by atoms with Gasteiger partial charge in [0, 0.05) is 24.8 Å². The average Bonchev–Trinajstić information content (AvgIpc) is 3.56. The molecule has 9 nitrogen and oxygen atoms in total. The van der Waals surface area contributed by atoms with Gasteiger partial charge >= 0.3 is 6.09 Å². The number of piperidine rings is 1. The van der Waals surface area contributed by atoms with Crippen LogP contribution in [0.5, 0.6) is 0 Å². The van der Waals surface area contributed by atoms with Crippen LogP contribution in [0.3, 0.4) is 0 Å². The molecule has 2 amide bonds. The van der Waals surface area contributed by atoms with Crippen LogP contribution in [0, 0.1) is 17.7 Å². The van der Waals surface area contributed by atoms with Crippen molar-refractivity contribution in [3.8, 4) is 0 Å². The highest BCUT2D eigenvalue weighted by Crippen LogP contribution is 2.38. The zero-order valence-electron chi connectivity index (χ0n) is 21.4. The lowest BCUT2D eigenvalue weighted by molar-refractivity contribution is 0.0893. The number of carboxylic acid groups (broad SMARTS) is 1. The Balaban J connectivity index is 1.50. The Labute approximate surface area is 215 Å². The highest BCUT2D eigenvalue weighted by Gasteiger charge is 2.34. The lowest BCUT2D eigenvalue weighted by Crippen LogP contribution is -2.37. The van der Waals surface area contributed by atoms with Crippen molar-refractivity contribution in [1.82, 2.24) is 30.0 Å². The van der Waals surface area contributed by atoms with Crippen molar-refractivity contribution in [3.63, 3.8) is 0 Å². The topological polar surface area (TPSA) is 116 Å². The molecule has 2 aliphatic rings. The second kappa shape index (κ2) is 10.5. The van der Waals surface area contributed by atoms with Crippen LogP contribution in [0.4, 0.5) is 9.18 Å². The van der Waals surface area contributed by atoms with E-state index in [1.807, 2.05) is 6.92 Å². The number of nitrogens with zero attached hydrogens (tertiary/aromatic N) is 4. The van der Waals surface area contributed by atoms with Crippen LogP contribution in [0.25, 0.3) is 11.0 Å². The summed E-state index contributed by atoms with van der Waals surface area (Å²) in [6.45, 7) is 5.15. The first-order chi connectivity index (χ1) is 17.9. The number of rotatable bonds is 6. The summed E-state index contributed by atoms with van der Waals surface area (Å²) in [5.74, 6) is 0.605. The summed E-state index contributed by atoms with van der Waals surface area (Å²) in [5, 5.41) is 17.0. The Morgan fingerprint density at radius 1 is 1.19 bits per heavy atom. The van der Waals surface area contributed by atoms with Gasteiger partial charge in [0.2, 0.25) is 0 Å². The third-order valence-electron chi connectivity index (χ3n) is 8.11. The fraction of sp³-hybridized carbons (Fsp3) is 0.556. The summed E-state index contributed by atoms with van der Waals surface area (Å²) in [6.07, 6.45) is 6.80. The molecule has 1 aliphatic heterocycles. The Hall–Kier alpha value is -3.43. The molecule has 1 saturated carbocycles. The molecule has 3 N–H and O–H groups in total. The van der Waals surface area contributed by atoms with Crippen LogP contribution in [0.15, 0.2) is 24.4 Å². The standard InChI is InChI=1S/C27H35FN6O3/c1-3-34-21(13-14-29-34)26(35)32-23(17-9-7-16(2)8-10-17)25-30-19-12-11-18(22(28)24(19)31-25)20-6-4-5-15-33(20)27(36)37/h11-14,16-17,20,23H,3-10,15H2,1-2H3,(H,30,31)(H,32,35)(H,36,37)/t16?,17?,20?,23-/m0/s1. The van der Waals surface area contributed by atoms with Crippen molar-refractivity contribution in [2.24, 2.45) is 11.8 Å². The molecule has 1 aliphatic carbocycles. The van der Waals surface area contributed by atoms with Crippen molar-refractivity contribution in [2.45, 2.75) is 77.4 Å². The van der Waals surface area contributed by atoms with Crippen LogP contribution in [0.1, 0.15) is 92.8 Å². The van der Waals surface area contributed by atoms with Gasteiger partial charge in [0.05, 0.1) is 17.6 Å². The Morgan fingerprint density at radius 2 is 1.97 bits per heavy atom. The van der Waals surface area contributed by atoms with Gasteiger partial charge in [-0.05, 0) is 63.0 Å². The normalized spacial score (nSPS) is 23.2. The molecule has 37 heavy (non-hydrogen) atoms. The number of hydrogen-bond donors (Lipinski definition) is 3. The van der Waals surface area contributed by atoms with E-state index in [0.29, 0.717) is 48.0 Å². The third kappa shape index (κ3) is 4.93. The summed E-state index contributed by atoms with van der Waals surface area (Å²) < 4.78 is 17.5. The number of carbonyl (C=O) groups is 2. The predicted molar refractivity (Wildman–Crippen MR) is 137 cm³/mol. The van der Waals surface area contributed by atoms with Gasteiger partial charge in [-0.2, -0.15) is 5.10 Å². The molecule has 5 rings (SSSR count). The first kappa shape index (κ1) is 25.2. The quantitative estimate of drug-likeness (QED) is 0.409. The van der Waals surface area contributed by atoms with E-state index in [2.05, 4.69) is 27.3 Å². The van der Waals surface area contributed by atoms with E-state index < -0.39 is 24.0 Å². The van der Waals surface area contributed by atoms with Crippen LogP contribution in [-0.2, 0) is 6.54 Å². The molecule has 10 heteroatoms. The van der Waals surface area contributed by atoms with Crippen molar-refractivity contribution in [1.29, 1.82) is 0 Å². The minimum absolute atomic E-state index is 0.169. The third-order valence-corrected chi connectivity index (χ3v) is 8.11. The number of likely N-dealkylation sites (tertiary alicyclic amines) is 1. The number of hydrogen-bond acceptors (Lipinski definition) is 4. The van der Waals surface area contributed by atoms with Crippen molar-refractivity contribution < 1.29 is 19.1 Å². The van der Waals surface area contributed by atoms with Crippen LogP contribution >= 0.6 is 0 Å². The largest absolute Gasteiger partial charge is 0.465 e. The van der Waals surface area contributed by atoms with Crippen LogP contribution < -0.4 is 5.32 Å². The number of H-pyrrole nitrogens is 1. The van der Waals surface area contributed by atoms with Gasteiger partial charge in [0.1, 0.15) is 17.0 Å². The second-order valence-corrected chi connectivity index (χ2v) is 10.5. The molecular formula is C27H35FN6O3. The van der Waals surface area contributed by atoms with Gasteiger partial charge in [-0.1, -0.05) is 25.8 Å². The number of halogens is 1. The number of aromatic nitrogens is 4. The number of carbonyl (C=O) groups excluding carboxylic acids is 1. The number of imidazole rings is 1. The summed E-state index contributed by atoms with van der Waals surface area (Å²) in [4.78, 5) is 34.3. The van der Waals surface area contributed by atoms with Crippen molar-refractivity contribution >= 4 is 23.0 Å². The summed E-state index contributed by atoms with van der Waals surface area (Å²) in [7, 11) is 0. The number of aryl methyl sites for hydroxylation is 1. The van der Waals surface area contributed by atoms with E-state index in [4.69, 9.17) is 0 Å². The monoisotopic (exact) mass is 510 g/mol. The van der Waals surface area contributed by atoms with E-state index >= 15 is 4.39 Å². The summed E-state index contributed by atoms with van der Waals surface area (Å²) >= 11 is 0. The highest BCUT2D eigenvalue weighted by molar-refractivity contribution is 5.92. The lowest BCUT2D eigenvalue weighted by atomic mass is 9.79. The van der Waals surface area contributed by atoms with Crippen molar-refractivity contribution in [2.75, 3.05) is 6.54 Å². The predicted octanol–water partition coefficient (Wildman–Crippen LogP) is 5.42. The molecule has 1 saturated heterocycles. The van der Waals surface area contributed by atoms with Crippen molar-refractivity contribution in [3.05, 3.63) is 47.3 Å². The van der Waals surface area contributed by atoms with Crippen LogP contribution in [-0.4, -0.2) is 48.3 Å². The smallest absolute Gasteiger partial charge is 0.407 e. The minimum Gasteiger partial charge on any atom is -0.465 e. The summed E-state index contributed by atoms with van der Waals surface area (Å²) in [5.41, 5.74) is 1.56. The molecule has 3 heterocycles. The molecular weight excluding hydrogens is 475 g/mol. The maximum Gasteiger partial charge on any atom is 0.407 e. The number of aromatic amines is 1. The van der Waals surface area contributed by atoms with Gasteiger partial charge in [-0.3, -0.25) is 9.48 Å². The van der Waals surface area contributed by atoms with Crippen LogP contribution in [0.2, 0.25) is 0 Å².